The second kappa shape index (κ2) is 14.2. The quantitative estimate of drug-likeness (QED) is 0.231. The summed E-state index contributed by atoms with van der Waals surface area (Å²) in [4.78, 5) is 3.66. The Labute approximate surface area is 290 Å². The van der Waals surface area contributed by atoms with Gasteiger partial charge in [-0.3, -0.25) is 0 Å². The average Bonchev–Trinajstić information content (AvgIpc) is 3.79. The van der Waals surface area contributed by atoms with Gasteiger partial charge in [0.1, 0.15) is 32.9 Å². The molecule has 10 heteroatoms. The molecule has 8 rings (SSSR count). The summed E-state index contributed by atoms with van der Waals surface area (Å²) in [5, 5.41) is 18.2. The van der Waals surface area contributed by atoms with Gasteiger partial charge in [0.2, 0.25) is 0 Å². The Morgan fingerprint density at radius 2 is 0.646 bits per heavy atom. The highest BCUT2D eigenvalue weighted by Crippen LogP contribution is 2.23. The lowest BCUT2D eigenvalue weighted by atomic mass is 10.0. The zero-order valence-corrected chi connectivity index (χ0v) is 27.0. The maximum Gasteiger partial charge on any atom is 0.337 e. The van der Waals surface area contributed by atoms with Crippen LogP contribution in [0.4, 0.5) is 0 Å². The van der Waals surface area contributed by atoms with Crippen molar-refractivity contribution < 1.29 is 34.2 Å². The summed E-state index contributed by atoms with van der Waals surface area (Å²) < 4.78 is 4.08. The van der Waals surface area contributed by atoms with Crippen molar-refractivity contribution in [2.75, 3.05) is 0 Å². The van der Waals surface area contributed by atoms with Gasteiger partial charge in [-0.15, -0.1) is 9.36 Å². The summed E-state index contributed by atoms with van der Waals surface area (Å²) in [5.41, 5.74) is 7.92. The van der Waals surface area contributed by atoms with E-state index in [0.717, 1.165) is 56.7 Å². The molecule has 0 N–H and O–H groups in total. The molecule has 48 heavy (non-hydrogen) atoms. The van der Waals surface area contributed by atoms with E-state index in [4.69, 9.17) is 0 Å². The Hall–Kier alpha value is -5.96. The maximum atomic E-state index is 4.57. The molecule has 0 aliphatic carbocycles. The molecule has 0 radical (unpaired) electrons. The van der Waals surface area contributed by atoms with Gasteiger partial charge in [0.25, 0.3) is 0 Å². The zero-order chi connectivity index (χ0) is 30.7. The minimum Gasteiger partial charge on any atom is -1.00 e. The van der Waals surface area contributed by atoms with Crippen LogP contribution in [-0.4, -0.2) is 30.2 Å². The highest BCUT2D eigenvalue weighted by atomic mass is 35.5. The van der Waals surface area contributed by atoms with E-state index in [1.165, 1.54) is 0 Å². The van der Waals surface area contributed by atoms with Gasteiger partial charge in [-0.2, -0.15) is 0 Å². The van der Waals surface area contributed by atoms with Crippen LogP contribution < -0.4 is 34.2 Å². The molecule has 2 heterocycles. The Balaban J connectivity index is 0.00000201. The number of tetrazole rings is 2. The fourth-order valence-corrected chi connectivity index (χ4v) is 5.56. The van der Waals surface area contributed by atoms with Crippen LogP contribution in [0.2, 0.25) is 0 Å². The third-order valence-electron chi connectivity index (χ3n) is 7.82. The van der Waals surface area contributed by atoms with Crippen LogP contribution >= 0.6 is 0 Å². The maximum absolute atomic E-state index is 4.57. The van der Waals surface area contributed by atoms with Crippen LogP contribution in [0.15, 0.2) is 170 Å². The largest absolute Gasteiger partial charge is 1.00 e. The summed E-state index contributed by atoms with van der Waals surface area (Å²) in [6.07, 6.45) is 0. The van der Waals surface area contributed by atoms with Gasteiger partial charge in [0.15, 0.2) is 10.4 Å². The molecule has 0 atom stereocenters. The van der Waals surface area contributed by atoms with E-state index in [0.29, 0.717) is 0 Å². The summed E-state index contributed by atoms with van der Waals surface area (Å²) in [6, 6.07) is 57.3. The molecule has 0 aliphatic rings. The minimum absolute atomic E-state index is 0. The second-order valence-electron chi connectivity index (χ2n) is 10.7. The molecule has 8 nitrogen and oxygen atoms in total. The van der Waals surface area contributed by atoms with Crippen LogP contribution in [0.5, 0.6) is 0 Å². The van der Waals surface area contributed by atoms with Crippen molar-refractivity contribution in [1.29, 1.82) is 0 Å². The number of aromatic nitrogens is 8. The SMILES string of the molecule is [Cl-].[Cl-].c1ccc(-c2nnn(-c3ccccc3)[n+]2-c2ccc(-c3ccc(-[n+]4c(-c5ccccc5)nnn4-c4ccccc4)cc3)cc2)cc1. The molecule has 0 bridgehead atoms. The van der Waals surface area contributed by atoms with Crippen molar-refractivity contribution in [2.45, 2.75) is 0 Å². The first-order valence-corrected chi connectivity index (χ1v) is 15.0. The molecular formula is C38H28Cl2N8. The van der Waals surface area contributed by atoms with Gasteiger partial charge in [-0.05, 0) is 93.5 Å². The number of nitrogens with zero attached hydrogens (tertiary/aromatic N) is 8. The number of benzene rings is 6. The Bertz CT molecular complexity index is 1940. The Kier molecular flexibility index (Phi) is 9.47. The smallest absolute Gasteiger partial charge is 0.337 e. The van der Waals surface area contributed by atoms with Gasteiger partial charge in [-0.1, -0.05) is 97.1 Å². The molecule has 0 saturated carbocycles. The molecule has 0 fully saturated rings. The van der Waals surface area contributed by atoms with E-state index in [1.807, 2.05) is 140 Å². The lowest BCUT2D eigenvalue weighted by Gasteiger charge is -2.08. The van der Waals surface area contributed by atoms with E-state index in [1.54, 1.807) is 0 Å². The predicted octanol–water partition coefficient (Wildman–Crippen LogP) is 0.410. The summed E-state index contributed by atoms with van der Waals surface area (Å²) in [6.45, 7) is 0. The molecule has 0 aliphatic heterocycles. The van der Waals surface area contributed by atoms with Crippen molar-refractivity contribution in [3.05, 3.63) is 170 Å². The summed E-state index contributed by atoms with van der Waals surface area (Å²) in [5.74, 6) is 1.52. The van der Waals surface area contributed by atoms with Crippen molar-refractivity contribution >= 4 is 0 Å². The molecule has 0 amide bonds. The Morgan fingerprint density at radius 3 is 0.979 bits per heavy atom. The van der Waals surface area contributed by atoms with Crippen LogP contribution in [-0.2, 0) is 0 Å². The molecule has 2 aromatic heterocycles. The van der Waals surface area contributed by atoms with Crippen molar-refractivity contribution in [1.82, 2.24) is 30.2 Å². The predicted molar refractivity (Wildman–Crippen MR) is 176 cm³/mol. The van der Waals surface area contributed by atoms with E-state index in [2.05, 4.69) is 69.2 Å². The topological polar surface area (TPSA) is 69.2 Å². The van der Waals surface area contributed by atoms with Crippen molar-refractivity contribution in [2.24, 2.45) is 0 Å². The van der Waals surface area contributed by atoms with Crippen LogP contribution in [0.1, 0.15) is 0 Å². The molecule has 0 unspecified atom stereocenters. The standard InChI is InChI=1S/C38H28N8.2ClH/c1-5-13-31(14-6-1)37-39-41-45(35-17-9-3-10-18-35)43(37)33-25-21-29(22-26-33)30-23-27-34(28-24-30)44-38(32-15-7-2-8-16-32)40-42-46(44)36-19-11-4-12-20-36;;/h1-28H;2*1H/q+2;;/p-2. The first kappa shape index (κ1) is 32.0. The summed E-state index contributed by atoms with van der Waals surface area (Å²) in [7, 11) is 0. The molecule has 0 spiro atoms. The zero-order valence-electron chi connectivity index (χ0n) is 25.5. The van der Waals surface area contributed by atoms with Crippen LogP contribution in [0.25, 0.3) is 56.7 Å². The first-order chi connectivity index (χ1) is 22.8. The third kappa shape index (κ3) is 6.10. The van der Waals surface area contributed by atoms with E-state index in [9.17, 15) is 0 Å². The molecule has 234 valence electrons. The van der Waals surface area contributed by atoms with E-state index < -0.39 is 0 Å². The van der Waals surface area contributed by atoms with Gasteiger partial charge in [0, 0.05) is 0 Å². The lowest BCUT2D eigenvalue weighted by Crippen LogP contribution is -3.00. The van der Waals surface area contributed by atoms with Crippen molar-refractivity contribution in [3.63, 3.8) is 0 Å². The Morgan fingerprint density at radius 1 is 0.333 bits per heavy atom. The monoisotopic (exact) mass is 666 g/mol. The van der Waals surface area contributed by atoms with Gasteiger partial charge < -0.3 is 24.8 Å². The molecule has 6 aromatic carbocycles. The molecular weight excluding hydrogens is 639 g/mol. The van der Waals surface area contributed by atoms with Gasteiger partial charge >= 0.3 is 11.6 Å². The minimum atomic E-state index is 0. The number of para-hydroxylation sites is 2. The fourth-order valence-electron chi connectivity index (χ4n) is 5.56. The van der Waals surface area contributed by atoms with E-state index >= 15 is 0 Å². The highest BCUT2D eigenvalue weighted by molar-refractivity contribution is 5.65. The molecule has 0 saturated heterocycles. The first-order valence-electron chi connectivity index (χ1n) is 15.0. The average molecular weight is 668 g/mol. The number of hydrogen-bond donors (Lipinski definition) is 0. The fraction of sp³-hybridized carbons (Fsp3) is 0. The van der Waals surface area contributed by atoms with E-state index in [-0.39, 0.29) is 24.8 Å². The summed E-state index contributed by atoms with van der Waals surface area (Å²) >= 11 is 0. The third-order valence-corrected chi connectivity index (χ3v) is 7.82. The van der Waals surface area contributed by atoms with Gasteiger partial charge in [0.05, 0.1) is 11.1 Å². The van der Waals surface area contributed by atoms with Crippen LogP contribution in [0, 0.1) is 0 Å². The molecule has 8 aromatic rings. The normalized spacial score (nSPS) is 10.6. The van der Waals surface area contributed by atoms with Crippen molar-refractivity contribution in [3.8, 4) is 56.7 Å². The number of rotatable bonds is 7. The number of hydrogen-bond acceptors (Lipinski definition) is 4. The highest BCUT2D eigenvalue weighted by Gasteiger charge is 2.26. The lowest BCUT2D eigenvalue weighted by molar-refractivity contribution is -0.670. The van der Waals surface area contributed by atoms with Crippen LogP contribution in [0.3, 0.4) is 0 Å². The second-order valence-corrected chi connectivity index (χ2v) is 10.7. The number of halogens is 2. The van der Waals surface area contributed by atoms with Gasteiger partial charge in [-0.25, -0.2) is 0 Å².